The highest BCUT2D eigenvalue weighted by molar-refractivity contribution is 4.79. The van der Waals surface area contributed by atoms with Crippen LogP contribution in [0.15, 0.2) is 0 Å². The number of ether oxygens (including phenoxy) is 1. The Bertz CT molecular complexity index is 161. The van der Waals surface area contributed by atoms with Crippen LogP contribution in [0.1, 0.15) is 32.6 Å². The van der Waals surface area contributed by atoms with Gasteiger partial charge in [-0.1, -0.05) is 13.3 Å². The lowest BCUT2D eigenvalue weighted by atomic mass is 9.95. The van der Waals surface area contributed by atoms with Crippen molar-refractivity contribution in [1.29, 1.82) is 0 Å². The summed E-state index contributed by atoms with van der Waals surface area (Å²) < 4.78 is 5.24. The van der Waals surface area contributed by atoms with Crippen molar-refractivity contribution in [1.82, 2.24) is 10.2 Å². The molecule has 1 N–H and O–H groups in total. The average molecular weight is 228 g/mol. The number of nitrogens with zero attached hydrogens (tertiary/aromatic N) is 1. The molecular formula is C13H28N2O. The zero-order valence-electron chi connectivity index (χ0n) is 11.2. The molecule has 1 unspecified atom stereocenters. The summed E-state index contributed by atoms with van der Waals surface area (Å²) in [5, 5.41) is 3.32. The van der Waals surface area contributed by atoms with E-state index in [9.17, 15) is 0 Å². The summed E-state index contributed by atoms with van der Waals surface area (Å²) >= 11 is 0. The molecule has 0 amide bonds. The smallest absolute Gasteiger partial charge is 0.0491 e. The van der Waals surface area contributed by atoms with E-state index < -0.39 is 0 Å². The lowest BCUT2D eigenvalue weighted by Gasteiger charge is -2.37. The van der Waals surface area contributed by atoms with Gasteiger partial charge in [-0.2, -0.15) is 0 Å². The average Bonchev–Trinajstić information content (AvgIpc) is 2.30. The van der Waals surface area contributed by atoms with Crippen LogP contribution >= 0.6 is 0 Å². The molecule has 0 bridgehead atoms. The summed E-state index contributed by atoms with van der Waals surface area (Å²) in [6, 6.07) is 0.735. The number of methoxy groups -OCH3 is 1. The number of likely N-dealkylation sites (tertiary alicyclic amines) is 1. The predicted molar refractivity (Wildman–Crippen MR) is 68.8 cm³/mol. The number of piperidine rings is 1. The fourth-order valence-corrected chi connectivity index (χ4v) is 2.70. The van der Waals surface area contributed by atoms with Gasteiger partial charge in [-0.05, 0) is 45.3 Å². The van der Waals surface area contributed by atoms with E-state index in [2.05, 4.69) is 24.2 Å². The first-order valence-corrected chi connectivity index (χ1v) is 6.69. The summed E-state index contributed by atoms with van der Waals surface area (Å²) in [4.78, 5) is 2.66. The van der Waals surface area contributed by atoms with Gasteiger partial charge in [0.15, 0.2) is 0 Å². The largest absolute Gasteiger partial charge is 0.384 e. The Balaban J connectivity index is 2.31. The topological polar surface area (TPSA) is 24.5 Å². The molecule has 3 nitrogen and oxygen atoms in total. The third kappa shape index (κ3) is 4.40. The Morgan fingerprint density at radius 2 is 2.06 bits per heavy atom. The SMILES string of the molecule is CCCC(CNC)N1CCC(COC)CC1. The van der Waals surface area contributed by atoms with E-state index in [0.29, 0.717) is 0 Å². The van der Waals surface area contributed by atoms with Gasteiger partial charge >= 0.3 is 0 Å². The van der Waals surface area contributed by atoms with E-state index in [4.69, 9.17) is 4.74 Å². The molecule has 0 aromatic heterocycles. The Morgan fingerprint density at radius 3 is 2.56 bits per heavy atom. The van der Waals surface area contributed by atoms with E-state index >= 15 is 0 Å². The Kier molecular flexibility index (Phi) is 7.01. The lowest BCUT2D eigenvalue weighted by molar-refractivity contribution is 0.0770. The minimum absolute atomic E-state index is 0.735. The van der Waals surface area contributed by atoms with Crippen molar-refractivity contribution in [2.45, 2.75) is 38.6 Å². The second kappa shape index (κ2) is 8.04. The van der Waals surface area contributed by atoms with Gasteiger partial charge in [-0.25, -0.2) is 0 Å². The molecule has 3 heteroatoms. The third-order valence-corrected chi connectivity index (χ3v) is 3.63. The normalized spacial score (nSPS) is 21.2. The van der Waals surface area contributed by atoms with Crippen molar-refractivity contribution >= 4 is 0 Å². The quantitative estimate of drug-likeness (QED) is 0.718. The lowest BCUT2D eigenvalue weighted by Crippen LogP contribution is -2.46. The maximum absolute atomic E-state index is 5.24. The van der Waals surface area contributed by atoms with E-state index in [1.54, 1.807) is 0 Å². The molecule has 1 fully saturated rings. The van der Waals surface area contributed by atoms with Crippen LogP contribution in [0.3, 0.4) is 0 Å². The summed E-state index contributed by atoms with van der Waals surface area (Å²) in [6.07, 6.45) is 5.20. The Morgan fingerprint density at radius 1 is 1.38 bits per heavy atom. The van der Waals surface area contributed by atoms with Crippen LogP contribution in [0.4, 0.5) is 0 Å². The van der Waals surface area contributed by atoms with Crippen molar-refractivity contribution in [2.24, 2.45) is 5.92 Å². The molecular weight excluding hydrogens is 200 g/mol. The molecule has 1 atom stereocenters. The van der Waals surface area contributed by atoms with Gasteiger partial charge in [-0.15, -0.1) is 0 Å². The van der Waals surface area contributed by atoms with Crippen LogP contribution in [0.25, 0.3) is 0 Å². The number of rotatable bonds is 7. The van der Waals surface area contributed by atoms with Crippen molar-refractivity contribution in [3.05, 3.63) is 0 Å². The molecule has 1 aliphatic rings. The predicted octanol–water partition coefficient (Wildman–Crippen LogP) is 1.73. The number of likely N-dealkylation sites (N-methyl/N-ethyl adjacent to an activating group) is 1. The standard InChI is InChI=1S/C13H28N2O/c1-4-5-13(10-14-2)15-8-6-12(7-9-15)11-16-3/h12-14H,4-11H2,1-3H3. The monoisotopic (exact) mass is 228 g/mol. The van der Waals surface area contributed by atoms with Crippen LogP contribution in [0.2, 0.25) is 0 Å². The fourth-order valence-electron chi connectivity index (χ4n) is 2.70. The molecule has 0 aliphatic carbocycles. The molecule has 1 heterocycles. The van der Waals surface area contributed by atoms with Crippen LogP contribution in [-0.4, -0.2) is 51.3 Å². The molecule has 0 aromatic carbocycles. The van der Waals surface area contributed by atoms with Gasteiger partial charge in [0.25, 0.3) is 0 Å². The number of hydrogen-bond donors (Lipinski definition) is 1. The summed E-state index contributed by atoms with van der Waals surface area (Å²) in [5.74, 6) is 0.790. The zero-order valence-corrected chi connectivity index (χ0v) is 11.2. The maximum atomic E-state index is 5.24. The number of hydrogen-bond acceptors (Lipinski definition) is 3. The first kappa shape index (κ1) is 13.9. The Labute approximate surface area is 101 Å². The summed E-state index contributed by atoms with van der Waals surface area (Å²) in [7, 11) is 3.87. The third-order valence-electron chi connectivity index (χ3n) is 3.63. The van der Waals surface area contributed by atoms with Crippen molar-refractivity contribution < 1.29 is 4.74 Å². The minimum atomic E-state index is 0.735. The van der Waals surface area contributed by atoms with Gasteiger partial charge in [0, 0.05) is 26.3 Å². The molecule has 0 radical (unpaired) electrons. The fraction of sp³-hybridized carbons (Fsp3) is 1.00. The van der Waals surface area contributed by atoms with Crippen molar-refractivity contribution in [3.63, 3.8) is 0 Å². The van der Waals surface area contributed by atoms with Crippen LogP contribution in [0, 0.1) is 5.92 Å². The first-order chi connectivity index (χ1) is 7.81. The van der Waals surface area contributed by atoms with Gasteiger partial charge in [0.05, 0.1) is 0 Å². The highest BCUT2D eigenvalue weighted by atomic mass is 16.5. The van der Waals surface area contributed by atoms with Gasteiger partial charge in [0.2, 0.25) is 0 Å². The highest BCUT2D eigenvalue weighted by Crippen LogP contribution is 2.20. The van der Waals surface area contributed by atoms with E-state index in [0.717, 1.165) is 25.1 Å². The molecule has 0 saturated carbocycles. The van der Waals surface area contributed by atoms with Gasteiger partial charge < -0.3 is 10.1 Å². The van der Waals surface area contributed by atoms with Crippen molar-refractivity contribution in [2.75, 3.05) is 40.4 Å². The summed E-state index contributed by atoms with van der Waals surface area (Å²) in [6.45, 7) is 6.85. The van der Waals surface area contributed by atoms with Crippen molar-refractivity contribution in [3.8, 4) is 0 Å². The molecule has 96 valence electrons. The molecule has 1 aliphatic heterocycles. The van der Waals surface area contributed by atoms with E-state index in [1.807, 2.05) is 7.11 Å². The number of nitrogens with one attached hydrogen (secondary N) is 1. The maximum Gasteiger partial charge on any atom is 0.0491 e. The highest BCUT2D eigenvalue weighted by Gasteiger charge is 2.23. The van der Waals surface area contributed by atoms with Gasteiger partial charge in [0.1, 0.15) is 0 Å². The molecule has 1 rings (SSSR count). The second-order valence-electron chi connectivity index (χ2n) is 4.93. The second-order valence-corrected chi connectivity index (χ2v) is 4.93. The molecule has 0 aromatic rings. The molecule has 16 heavy (non-hydrogen) atoms. The minimum Gasteiger partial charge on any atom is -0.384 e. The molecule has 0 spiro atoms. The van der Waals surface area contributed by atoms with E-state index in [1.165, 1.54) is 38.8 Å². The van der Waals surface area contributed by atoms with Gasteiger partial charge in [-0.3, -0.25) is 4.90 Å². The molecule has 1 saturated heterocycles. The van der Waals surface area contributed by atoms with Crippen LogP contribution in [-0.2, 0) is 4.74 Å². The Hall–Kier alpha value is -0.120. The summed E-state index contributed by atoms with van der Waals surface area (Å²) in [5.41, 5.74) is 0. The van der Waals surface area contributed by atoms with E-state index in [-0.39, 0.29) is 0 Å². The zero-order chi connectivity index (χ0) is 11.8. The van der Waals surface area contributed by atoms with Crippen LogP contribution in [0.5, 0.6) is 0 Å². The first-order valence-electron chi connectivity index (χ1n) is 6.69. The van der Waals surface area contributed by atoms with Crippen LogP contribution < -0.4 is 5.32 Å².